The van der Waals surface area contributed by atoms with E-state index in [1.165, 1.54) is 18.2 Å². The molecule has 1 fully saturated rings. The summed E-state index contributed by atoms with van der Waals surface area (Å²) < 4.78 is 27.9. The molecular weight excluding hydrogens is 272 g/mol. The second kappa shape index (κ2) is 5.48. The standard InChI is InChI=1S/C16H17F2N3/c1-11(14-9-19-7-8-20-14)21-10-16(5-6-16)15-12(17)3-2-4-13(15)18/h2-4,7-9,11,21H,5-6,10H2,1H3/t11-/m1/s1. The molecule has 3 nitrogen and oxygen atoms in total. The molecule has 0 aliphatic heterocycles. The monoisotopic (exact) mass is 289 g/mol. The minimum absolute atomic E-state index is 0.00832. The molecule has 0 unspecified atom stereocenters. The second-order valence-electron chi connectivity index (χ2n) is 5.61. The van der Waals surface area contributed by atoms with Gasteiger partial charge in [0.2, 0.25) is 0 Å². The molecule has 5 heteroatoms. The summed E-state index contributed by atoms with van der Waals surface area (Å²) in [6.07, 6.45) is 6.54. The molecule has 0 amide bonds. The summed E-state index contributed by atoms with van der Waals surface area (Å²) in [5, 5.41) is 3.32. The van der Waals surface area contributed by atoms with Gasteiger partial charge in [-0.05, 0) is 31.9 Å². The third-order valence-corrected chi connectivity index (χ3v) is 4.12. The fraction of sp³-hybridized carbons (Fsp3) is 0.375. The fourth-order valence-corrected chi connectivity index (χ4v) is 2.66. The smallest absolute Gasteiger partial charge is 0.129 e. The zero-order valence-corrected chi connectivity index (χ0v) is 11.8. The van der Waals surface area contributed by atoms with Crippen LogP contribution in [-0.2, 0) is 5.41 Å². The minimum atomic E-state index is -0.457. The molecule has 1 saturated carbocycles. The van der Waals surface area contributed by atoms with Gasteiger partial charge in [-0.2, -0.15) is 0 Å². The van der Waals surface area contributed by atoms with E-state index in [0.717, 1.165) is 18.5 Å². The van der Waals surface area contributed by atoms with Gasteiger partial charge in [0.05, 0.1) is 5.69 Å². The van der Waals surface area contributed by atoms with Crippen molar-refractivity contribution in [1.82, 2.24) is 15.3 Å². The van der Waals surface area contributed by atoms with Crippen molar-refractivity contribution in [2.45, 2.75) is 31.2 Å². The van der Waals surface area contributed by atoms with Crippen molar-refractivity contribution in [2.24, 2.45) is 0 Å². The molecule has 1 atom stereocenters. The van der Waals surface area contributed by atoms with Gasteiger partial charge in [-0.15, -0.1) is 0 Å². The highest BCUT2D eigenvalue weighted by Gasteiger charge is 2.47. The predicted octanol–water partition coefficient (Wildman–Crippen LogP) is 3.14. The average Bonchev–Trinajstić information content (AvgIpc) is 3.26. The highest BCUT2D eigenvalue weighted by molar-refractivity contribution is 5.34. The first-order valence-electron chi connectivity index (χ1n) is 7.06. The second-order valence-corrected chi connectivity index (χ2v) is 5.61. The summed E-state index contributed by atoms with van der Waals surface area (Å²) in [6, 6.07) is 4.04. The van der Waals surface area contributed by atoms with Crippen molar-refractivity contribution in [3.05, 3.63) is 59.7 Å². The Balaban J connectivity index is 1.73. The highest BCUT2D eigenvalue weighted by Crippen LogP contribution is 2.49. The summed E-state index contributed by atoms with van der Waals surface area (Å²) in [6.45, 7) is 2.50. The Morgan fingerprint density at radius 3 is 2.52 bits per heavy atom. The Bertz CT molecular complexity index is 606. The normalized spacial score (nSPS) is 17.5. The van der Waals surface area contributed by atoms with Gasteiger partial charge < -0.3 is 5.32 Å². The van der Waals surface area contributed by atoms with Gasteiger partial charge >= 0.3 is 0 Å². The molecule has 0 bridgehead atoms. The molecule has 1 heterocycles. The van der Waals surface area contributed by atoms with E-state index >= 15 is 0 Å². The van der Waals surface area contributed by atoms with Crippen LogP contribution in [0, 0.1) is 11.6 Å². The molecule has 1 N–H and O–H groups in total. The number of aromatic nitrogens is 2. The molecule has 1 aromatic heterocycles. The molecule has 2 aromatic rings. The van der Waals surface area contributed by atoms with Gasteiger partial charge in [-0.1, -0.05) is 6.07 Å². The number of rotatable bonds is 5. The Hall–Kier alpha value is -1.88. The largest absolute Gasteiger partial charge is 0.308 e. The summed E-state index contributed by atoms with van der Waals surface area (Å²) in [5.41, 5.74) is 0.609. The van der Waals surface area contributed by atoms with Crippen LogP contribution in [0.5, 0.6) is 0 Å². The predicted molar refractivity (Wildman–Crippen MR) is 75.7 cm³/mol. The maximum absolute atomic E-state index is 13.9. The van der Waals surface area contributed by atoms with Crippen molar-refractivity contribution < 1.29 is 8.78 Å². The van der Waals surface area contributed by atoms with E-state index in [2.05, 4.69) is 15.3 Å². The van der Waals surface area contributed by atoms with Gasteiger partial charge in [0.1, 0.15) is 11.6 Å². The van der Waals surface area contributed by atoms with E-state index < -0.39 is 17.0 Å². The van der Waals surface area contributed by atoms with E-state index in [1.54, 1.807) is 18.6 Å². The van der Waals surface area contributed by atoms with Crippen molar-refractivity contribution in [2.75, 3.05) is 6.54 Å². The molecular formula is C16H17F2N3. The zero-order valence-electron chi connectivity index (χ0n) is 11.8. The van der Waals surface area contributed by atoms with Gasteiger partial charge in [0.15, 0.2) is 0 Å². The van der Waals surface area contributed by atoms with E-state index in [-0.39, 0.29) is 11.6 Å². The average molecular weight is 289 g/mol. The van der Waals surface area contributed by atoms with Gasteiger partial charge in [-0.25, -0.2) is 8.78 Å². The van der Waals surface area contributed by atoms with Crippen LogP contribution < -0.4 is 5.32 Å². The Kier molecular flexibility index (Phi) is 3.68. The first kappa shape index (κ1) is 14.1. The third-order valence-electron chi connectivity index (χ3n) is 4.12. The van der Waals surface area contributed by atoms with Crippen LogP contribution in [0.4, 0.5) is 8.78 Å². The molecule has 1 aromatic carbocycles. The minimum Gasteiger partial charge on any atom is -0.308 e. The SMILES string of the molecule is C[C@@H](NCC1(c2c(F)cccc2F)CC1)c1cnccn1. The van der Waals surface area contributed by atoms with Crippen LogP contribution >= 0.6 is 0 Å². The van der Waals surface area contributed by atoms with E-state index in [0.29, 0.717) is 6.54 Å². The molecule has 1 aliphatic carbocycles. The number of hydrogen-bond acceptors (Lipinski definition) is 3. The molecule has 3 rings (SSSR count). The summed E-state index contributed by atoms with van der Waals surface area (Å²) in [7, 11) is 0. The van der Waals surface area contributed by atoms with Crippen LogP contribution in [0.3, 0.4) is 0 Å². The van der Waals surface area contributed by atoms with Gasteiger partial charge in [-0.3, -0.25) is 9.97 Å². The first-order valence-corrected chi connectivity index (χ1v) is 7.06. The number of nitrogens with zero attached hydrogens (tertiary/aromatic N) is 2. The van der Waals surface area contributed by atoms with Crippen molar-refractivity contribution in [3.63, 3.8) is 0 Å². The molecule has 0 saturated heterocycles. The lowest BCUT2D eigenvalue weighted by Gasteiger charge is -2.21. The lowest BCUT2D eigenvalue weighted by molar-refractivity contribution is 0.461. The van der Waals surface area contributed by atoms with Crippen molar-refractivity contribution in [1.29, 1.82) is 0 Å². The van der Waals surface area contributed by atoms with E-state index in [1.807, 2.05) is 6.92 Å². The highest BCUT2D eigenvalue weighted by atomic mass is 19.1. The molecule has 0 spiro atoms. The fourth-order valence-electron chi connectivity index (χ4n) is 2.66. The summed E-state index contributed by atoms with van der Waals surface area (Å²) >= 11 is 0. The van der Waals surface area contributed by atoms with Crippen molar-refractivity contribution in [3.8, 4) is 0 Å². The quantitative estimate of drug-likeness (QED) is 0.919. The molecule has 0 radical (unpaired) electrons. The van der Waals surface area contributed by atoms with Crippen LogP contribution in [0.1, 0.15) is 37.1 Å². The zero-order chi connectivity index (χ0) is 14.9. The van der Waals surface area contributed by atoms with E-state index in [4.69, 9.17) is 0 Å². The lowest BCUT2D eigenvalue weighted by Crippen LogP contribution is -2.31. The number of hydrogen-bond donors (Lipinski definition) is 1. The Labute approximate surface area is 122 Å². The maximum Gasteiger partial charge on any atom is 0.129 e. The van der Waals surface area contributed by atoms with Gasteiger partial charge in [0, 0.05) is 42.2 Å². The maximum atomic E-state index is 13.9. The lowest BCUT2D eigenvalue weighted by atomic mass is 9.94. The Morgan fingerprint density at radius 1 is 1.24 bits per heavy atom. The summed E-state index contributed by atoms with van der Waals surface area (Å²) in [5.74, 6) is -0.914. The van der Waals surface area contributed by atoms with Crippen LogP contribution in [0.15, 0.2) is 36.8 Å². The summed E-state index contributed by atoms with van der Waals surface area (Å²) in [4.78, 5) is 8.26. The third kappa shape index (κ3) is 2.78. The van der Waals surface area contributed by atoms with Crippen LogP contribution in [0.25, 0.3) is 0 Å². The van der Waals surface area contributed by atoms with Crippen LogP contribution in [0.2, 0.25) is 0 Å². The first-order chi connectivity index (χ1) is 10.1. The van der Waals surface area contributed by atoms with Gasteiger partial charge in [0.25, 0.3) is 0 Å². The number of benzene rings is 1. The van der Waals surface area contributed by atoms with Crippen LogP contribution in [-0.4, -0.2) is 16.5 Å². The molecule has 1 aliphatic rings. The number of nitrogens with one attached hydrogen (secondary N) is 1. The molecule has 110 valence electrons. The van der Waals surface area contributed by atoms with E-state index in [9.17, 15) is 8.78 Å². The molecule has 21 heavy (non-hydrogen) atoms. The number of halogens is 2. The Morgan fingerprint density at radius 2 is 1.95 bits per heavy atom. The topological polar surface area (TPSA) is 37.8 Å². The van der Waals surface area contributed by atoms with Crippen molar-refractivity contribution >= 4 is 0 Å².